The summed E-state index contributed by atoms with van der Waals surface area (Å²) < 4.78 is 0. The van der Waals surface area contributed by atoms with Crippen LogP contribution in [0, 0.1) is 0 Å². The summed E-state index contributed by atoms with van der Waals surface area (Å²) in [5, 5.41) is 4.63. The first-order chi connectivity index (χ1) is 10.7. The van der Waals surface area contributed by atoms with Crippen molar-refractivity contribution >= 4 is 16.7 Å². The molecule has 2 unspecified atom stereocenters. The molecule has 2 aliphatic rings. The first-order valence-electron chi connectivity index (χ1n) is 8.16. The summed E-state index contributed by atoms with van der Waals surface area (Å²) >= 11 is 0. The van der Waals surface area contributed by atoms with E-state index in [4.69, 9.17) is 5.73 Å². The minimum absolute atomic E-state index is 0.583. The number of anilines is 1. The zero-order valence-corrected chi connectivity index (χ0v) is 13.0. The molecule has 116 valence electrons. The average Bonchev–Trinajstić information content (AvgIpc) is 2.85. The summed E-state index contributed by atoms with van der Waals surface area (Å²) in [6.07, 6.45) is 5.12. The fourth-order valence-corrected chi connectivity index (χ4v) is 3.96. The number of piperidine rings is 1. The van der Waals surface area contributed by atoms with Crippen molar-refractivity contribution in [2.45, 2.75) is 50.4 Å². The van der Waals surface area contributed by atoms with E-state index in [2.05, 4.69) is 27.2 Å². The second kappa shape index (κ2) is 5.48. The molecule has 4 rings (SSSR count). The van der Waals surface area contributed by atoms with Gasteiger partial charge in [0.1, 0.15) is 11.6 Å². The Balaban J connectivity index is 1.53. The molecule has 1 aromatic carbocycles. The number of nitrogens with zero attached hydrogens (tertiary/aromatic N) is 3. The summed E-state index contributed by atoms with van der Waals surface area (Å²) in [4.78, 5) is 11.6. The second-order valence-corrected chi connectivity index (χ2v) is 6.72. The van der Waals surface area contributed by atoms with Crippen molar-refractivity contribution < 1.29 is 0 Å². The van der Waals surface area contributed by atoms with E-state index < -0.39 is 0 Å². The quantitative estimate of drug-likeness (QED) is 0.906. The van der Waals surface area contributed by atoms with E-state index in [1.807, 2.05) is 24.3 Å². The fourth-order valence-electron chi connectivity index (χ4n) is 3.96. The minimum atomic E-state index is 0.583. The van der Waals surface area contributed by atoms with E-state index in [0.717, 1.165) is 23.3 Å². The van der Waals surface area contributed by atoms with Gasteiger partial charge in [-0.25, -0.2) is 9.97 Å². The number of aromatic nitrogens is 2. The van der Waals surface area contributed by atoms with Gasteiger partial charge in [-0.15, -0.1) is 0 Å². The van der Waals surface area contributed by atoms with E-state index in [9.17, 15) is 0 Å². The molecule has 2 aliphatic heterocycles. The van der Waals surface area contributed by atoms with Crippen LogP contribution in [-0.4, -0.2) is 40.0 Å². The molecule has 3 N–H and O–H groups in total. The Morgan fingerprint density at radius 2 is 1.91 bits per heavy atom. The normalized spacial score (nSPS) is 27.6. The van der Waals surface area contributed by atoms with Gasteiger partial charge >= 0.3 is 0 Å². The molecule has 2 bridgehead atoms. The van der Waals surface area contributed by atoms with Gasteiger partial charge in [-0.1, -0.05) is 12.1 Å². The molecule has 5 heteroatoms. The first-order valence-corrected chi connectivity index (χ1v) is 8.16. The molecule has 0 radical (unpaired) electrons. The summed E-state index contributed by atoms with van der Waals surface area (Å²) in [5.41, 5.74) is 7.02. The van der Waals surface area contributed by atoms with Gasteiger partial charge in [0.2, 0.25) is 0 Å². The van der Waals surface area contributed by atoms with E-state index in [1.54, 1.807) is 0 Å². The Hall–Kier alpha value is -1.72. The highest BCUT2D eigenvalue weighted by Crippen LogP contribution is 2.29. The summed E-state index contributed by atoms with van der Waals surface area (Å²) in [7, 11) is 2.18. The molecule has 22 heavy (non-hydrogen) atoms. The fraction of sp³-hybridized carbons (Fsp3) is 0.529. The van der Waals surface area contributed by atoms with Gasteiger partial charge in [-0.05, 0) is 44.9 Å². The van der Waals surface area contributed by atoms with Gasteiger partial charge in [-0.2, -0.15) is 0 Å². The maximum atomic E-state index is 6.09. The molecule has 0 aliphatic carbocycles. The maximum Gasteiger partial charge on any atom is 0.145 e. The number of nitrogens with two attached hydrogens (primary N) is 1. The highest BCUT2D eigenvalue weighted by Gasteiger charge is 2.35. The number of hydrogen-bond acceptors (Lipinski definition) is 5. The monoisotopic (exact) mass is 297 g/mol. The summed E-state index contributed by atoms with van der Waals surface area (Å²) in [6.45, 7) is 0.763. The van der Waals surface area contributed by atoms with Crippen molar-refractivity contribution in [1.29, 1.82) is 0 Å². The molecule has 3 heterocycles. The van der Waals surface area contributed by atoms with Crippen molar-refractivity contribution in [3.05, 3.63) is 30.1 Å². The lowest BCUT2D eigenvalue weighted by Gasteiger charge is -2.35. The molecular formula is C17H23N5. The molecule has 0 amide bonds. The predicted molar refractivity (Wildman–Crippen MR) is 88.4 cm³/mol. The third kappa shape index (κ3) is 2.55. The lowest BCUT2D eigenvalue weighted by molar-refractivity contribution is 0.163. The van der Waals surface area contributed by atoms with Crippen molar-refractivity contribution in [2.75, 3.05) is 12.8 Å². The molecule has 2 atom stereocenters. The molecule has 0 spiro atoms. The van der Waals surface area contributed by atoms with Crippen LogP contribution in [0.15, 0.2) is 24.3 Å². The second-order valence-electron chi connectivity index (χ2n) is 6.72. The van der Waals surface area contributed by atoms with Crippen LogP contribution in [0.4, 0.5) is 5.82 Å². The Labute approximate surface area is 130 Å². The zero-order chi connectivity index (χ0) is 15.1. The molecule has 0 saturated carbocycles. The molecule has 5 nitrogen and oxygen atoms in total. The first kappa shape index (κ1) is 13.9. The highest BCUT2D eigenvalue weighted by molar-refractivity contribution is 5.87. The van der Waals surface area contributed by atoms with Gasteiger partial charge in [0.05, 0.1) is 12.1 Å². The van der Waals surface area contributed by atoms with Crippen LogP contribution in [0.5, 0.6) is 0 Å². The van der Waals surface area contributed by atoms with Crippen LogP contribution in [0.2, 0.25) is 0 Å². The van der Waals surface area contributed by atoms with Crippen molar-refractivity contribution in [2.24, 2.45) is 0 Å². The SMILES string of the molecule is CN(Cc1nc(N)c2ccccc2n1)C1CC2CCC(C1)N2. The van der Waals surface area contributed by atoms with Crippen LogP contribution in [0.25, 0.3) is 10.9 Å². The van der Waals surface area contributed by atoms with Crippen LogP contribution in [-0.2, 0) is 6.54 Å². The average molecular weight is 297 g/mol. The minimum Gasteiger partial charge on any atom is -0.383 e. The summed E-state index contributed by atoms with van der Waals surface area (Å²) in [6, 6.07) is 9.97. The van der Waals surface area contributed by atoms with E-state index in [0.29, 0.717) is 23.9 Å². The lowest BCUT2D eigenvalue weighted by Crippen LogP contribution is -2.46. The van der Waals surface area contributed by atoms with Crippen LogP contribution >= 0.6 is 0 Å². The van der Waals surface area contributed by atoms with Gasteiger partial charge in [0, 0.05) is 23.5 Å². The number of benzene rings is 1. The van der Waals surface area contributed by atoms with Crippen LogP contribution < -0.4 is 11.1 Å². The van der Waals surface area contributed by atoms with Crippen molar-refractivity contribution in [1.82, 2.24) is 20.2 Å². The highest BCUT2D eigenvalue weighted by atomic mass is 15.2. The molecular weight excluding hydrogens is 274 g/mol. The topological polar surface area (TPSA) is 67.1 Å². The van der Waals surface area contributed by atoms with Crippen molar-refractivity contribution in [3.8, 4) is 0 Å². The number of rotatable bonds is 3. The standard InChI is InChI=1S/C17H23N5/c1-22(13-8-11-6-7-12(9-13)19-11)10-16-20-15-5-3-2-4-14(15)17(18)21-16/h2-5,11-13,19H,6-10H2,1H3,(H2,18,20,21). The number of nitrogens with one attached hydrogen (secondary N) is 1. The van der Waals surface area contributed by atoms with Crippen LogP contribution in [0.3, 0.4) is 0 Å². The largest absolute Gasteiger partial charge is 0.383 e. The summed E-state index contributed by atoms with van der Waals surface area (Å²) in [5.74, 6) is 1.41. The Bertz CT molecular complexity index is 674. The van der Waals surface area contributed by atoms with E-state index >= 15 is 0 Å². The number of nitrogen functional groups attached to an aromatic ring is 1. The van der Waals surface area contributed by atoms with Gasteiger partial charge in [0.15, 0.2) is 0 Å². The smallest absolute Gasteiger partial charge is 0.145 e. The molecule has 2 aromatic rings. The van der Waals surface area contributed by atoms with Crippen molar-refractivity contribution in [3.63, 3.8) is 0 Å². The van der Waals surface area contributed by atoms with Gasteiger partial charge < -0.3 is 11.1 Å². The third-order valence-corrected chi connectivity index (χ3v) is 5.14. The Morgan fingerprint density at radius 3 is 2.68 bits per heavy atom. The maximum absolute atomic E-state index is 6.09. The lowest BCUT2D eigenvalue weighted by atomic mass is 9.98. The van der Waals surface area contributed by atoms with Gasteiger partial charge in [0.25, 0.3) is 0 Å². The zero-order valence-electron chi connectivity index (χ0n) is 13.0. The molecule has 2 fully saturated rings. The Kier molecular flexibility index (Phi) is 3.47. The van der Waals surface area contributed by atoms with E-state index in [-0.39, 0.29) is 0 Å². The van der Waals surface area contributed by atoms with Gasteiger partial charge in [-0.3, -0.25) is 4.90 Å². The molecule has 2 saturated heterocycles. The van der Waals surface area contributed by atoms with Crippen LogP contribution in [0.1, 0.15) is 31.5 Å². The number of hydrogen-bond donors (Lipinski definition) is 2. The number of fused-ring (bicyclic) bond motifs is 3. The third-order valence-electron chi connectivity index (χ3n) is 5.14. The van der Waals surface area contributed by atoms with E-state index in [1.165, 1.54) is 25.7 Å². The Morgan fingerprint density at radius 1 is 1.18 bits per heavy atom. The predicted octanol–water partition coefficient (Wildman–Crippen LogP) is 1.93. The number of para-hydroxylation sites is 1. The molecule has 1 aromatic heterocycles.